The van der Waals surface area contributed by atoms with E-state index in [9.17, 15) is 17.6 Å². The largest absolute Gasteiger partial charge is 0.497 e. The van der Waals surface area contributed by atoms with Crippen molar-refractivity contribution in [3.63, 3.8) is 0 Å². The summed E-state index contributed by atoms with van der Waals surface area (Å²) in [5.74, 6) is -1.20. The summed E-state index contributed by atoms with van der Waals surface area (Å²) >= 11 is 0. The zero-order chi connectivity index (χ0) is 15.3. The van der Waals surface area contributed by atoms with Crippen molar-refractivity contribution >= 4 is 12.6 Å². The lowest BCUT2D eigenvalue weighted by Crippen LogP contribution is -2.41. The van der Waals surface area contributed by atoms with E-state index in [1.807, 2.05) is 0 Å². The number of alkyl halides is 3. The summed E-state index contributed by atoms with van der Waals surface area (Å²) in [7, 11) is -1.23. The van der Waals surface area contributed by atoms with Gasteiger partial charge in [-0.25, -0.2) is 4.98 Å². The minimum Gasteiger partial charge on any atom is -0.399 e. The smallest absolute Gasteiger partial charge is 0.399 e. The maximum absolute atomic E-state index is 13.0. The van der Waals surface area contributed by atoms with Gasteiger partial charge < -0.3 is 9.31 Å². The summed E-state index contributed by atoms with van der Waals surface area (Å²) in [6, 6.07) is 1.85. The van der Waals surface area contributed by atoms with Crippen LogP contribution in [0.5, 0.6) is 0 Å². The van der Waals surface area contributed by atoms with E-state index in [0.29, 0.717) is 0 Å². The molecule has 0 amide bonds. The first-order chi connectivity index (χ1) is 8.94. The first-order valence-electron chi connectivity index (χ1n) is 6.03. The Bertz CT molecular complexity index is 515. The fourth-order valence-corrected chi connectivity index (χ4v) is 1.83. The van der Waals surface area contributed by atoms with Crippen LogP contribution in [0, 0.1) is 5.95 Å². The van der Waals surface area contributed by atoms with Crippen molar-refractivity contribution in [3.8, 4) is 0 Å². The van der Waals surface area contributed by atoms with E-state index >= 15 is 0 Å². The molecule has 0 radical (unpaired) electrons. The normalized spacial score (nSPS) is 21.3. The van der Waals surface area contributed by atoms with Crippen LogP contribution in [0.2, 0.25) is 0 Å². The second-order valence-corrected chi connectivity index (χ2v) is 5.66. The standard InChI is InChI=1S/C12H14BF4NO2/c1-10(2)11(3,4)20-13(19-10)7-5-6-8(14)18-9(7)12(15,16)17/h5-6H,1-4H3. The summed E-state index contributed by atoms with van der Waals surface area (Å²) in [6.07, 6.45) is -4.78. The molecule has 1 aromatic rings. The molecule has 20 heavy (non-hydrogen) atoms. The Morgan fingerprint density at radius 1 is 1.05 bits per heavy atom. The summed E-state index contributed by atoms with van der Waals surface area (Å²) in [6.45, 7) is 6.88. The molecular weight excluding hydrogens is 277 g/mol. The Labute approximate surface area is 114 Å². The molecule has 0 N–H and O–H groups in total. The SMILES string of the molecule is CC1(C)OB(c2ccc(F)nc2C(F)(F)F)OC1(C)C. The van der Waals surface area contributed by atoms with Gasteiger partial charge in [0.05, 0.1) is 11.2 Å². The molecule has 8 heteroatoms. The fraction of sp³-hybridized carbons (Fsp3) is 0.583. The summed E-state index contributed by atoms with van der Waals surface area (Å²) in [4.78, 5) is 2.93. The molecule has 0 saturated carbocycles. The van der Waals surface area contributed by atoms with Crippen molar-refractivity contribution < 1.29 is 26.9 Å². The summed E-state index contributed by atoms with van der Waals surface area (Å²) < 4.78 is 62.8. The molecule has 0 bridgehead atoms. The number of hydrogen-bond donors (Lipinski definition) is 0. The number of aromatic nitrogens is 1. The number of nitrogens with zero attached hydrogens (tertiary/aromatic N) is 1. The van der Waals surface area contributed by atoms with Crippen molar-refractivity contribution in [2.75, 3.05) is 0 Å². The molecule has 1 aliphatic heterocycles. The van der Waals surface area contributed by atoms with Crippen LogP contribution in [-0.4, -0.2) is 23.3 Å². The van der Waals surface area contributed by atoms with E-state index in [1.54, 1.807) is 27.7 Å². The maximum Gasteiger partial charge on any atom is 0.497 e. The second kappa shape index (κ2) is 4.43. The second-order valence-electron chi connectivity index (χ2n) is 5.66. The minimum atomic E-state index is -4.78. The lowest BCUT2D eigenvalue weighted by atomic mass is 9.77. The van der Waals surface area contributed by atoms with Crippen LogP contribution in [0.4, 0.5) is 17.6 Å². The highest BCUT2D eigenvalue weighted by Crippen LogP contribution is 2.37. The zero-order valence-corrected chi connectivity index (χ0v) is 11.5. The highest BCUT2D eigenvalue weighted by molar-refractivity contribution is 6.62. The van der Waals surface area contributed by atoms with Crippen LogP contribution in [0.25, 0.3) is 0 Å². The molecule has 110 valence electrons. The van der Waals surface area contributed by atoms with Crippen molar-refractivity contribution in [3.05, 3.63) is 23.8 Å². The molecule has 2 rings (SSSR count). The predicted octanol–water partition coefficient (Wildman–Crippen LogP) is 2.54. The lowest BCUT2D eigenvalue weighted by Gasteiger charge is -2.32. The topological polar surface area (TPSA) is 31.4 Å². The molecule has 1 aromatic heterocycles. The molecule has 0 aliphatic carbocycles. The van der Waals surface area contributed by atoms with Gasteiger partial charge in [0.15, 0.2) is 0 Å². The third-order valence-corrected chi connectivity index (χ3v) is 3.67. The molecule has 0 atom stereocenters. The Morgan fingerprint density at radius 3 is 2.00 bits per heavy atom. The lowest BCUT2D eigenvalue weighted by molar-refractivity contribution is -0.140. The van der Waals surface area contributed by atoms with Crippen molar-refractivity contribution in [2.24, 2.45) is 0 Å². The Morgan fingerprint density at radius 2 is 1.55 bits per heavy atom. The first-order valence-corrected chi connectivity index (χ1v) is 6.03. The third kappa shape index (κ3) is 2.54. The molecule has 2 heterocycles. The molecule has 1 fully saturated rings. The highest BCUT2D eigenvalue weighted by Gasteiger charge is 2.54. The van der Waals surface area contributed by atoms with Gasteiger partial charge >= 0.3 is 13.3 Å². The van der Waals surface area contributed by atoms with Crippen molar-refractivity contribution in [1.29, 1.82) is 0 Å². The average Bonchev–Trinajstić information content (AvgIpc) is 2.46. The van der Waals surface area contributed by atoms with Crippen LogP contribution >= 0.6 is 0 Å². The van der Waals surface area contributed by atoms with Gasteiger partial charge in [0.1, 0.15) is 5.69 Å². The number of rotatable bonds is 1. The van der Waals surface area contributed by atoms with E-state index in [4.69, 9.17) is 9.31 Å². The van der Waals surface area contributed by atoms with E-state index in [1.165, 1.54) is 0 Å². The first kappa shape index (κ1) is 15.2. The monoisotopic (exact) mass is 291 g/mol. The van der Waals surface area contributed by atoms with Crippen molar-refractivity contribution in [2.45, 2.75) is 45.1 Å². The van der Waals surface area contributed by atoms with Crippen LogP contribution in [0.15, 0.2) is 12.1 Å². The van der Waals surface area contributed by atoms with E-state index < -0.39 is 36.1 Å². The Hall–Kier alpha value is -1.15. The van der Waals surface area contributed by atoms with Gasteiger partial charge in [0, 0.05) is 5.46 Å². The number of pyridine rings is 1. The van der Waals surface area contributed by atoms with E-state index in [-0.39, 0.29) is 5.46 Å². The number of hydrogen-bond acceptors (Lipinski definition) is 3. The molecular formula is C12H14BF4NO2. The van der Waals surface area contributed by atoms with Gasteiger partial charge in [0.25, 0.3) is 0 Å². The molecule has 0 aromatic carbocycles. The van der Waals surface area contributed by atoms with Crippen LogP contribution in [0.1, 0.15) is 33.4 Å². The van der Waals surface area contributed by atoms with Gasteiger partial charge in [-0.1, -0.05) is 6.07 Å². The zero-order valence-electron chi connectivity index (χ0n) is 11.5. The molecule has 0 unspecified atom stereocenters. The fourth-order valence-electron chi connectivity index (χ4n) is 1.83. The van der Waals surface area contributed by atoms with Gasteiger partial charge in [-0.3, -0.25) is 0 Å². The van der Waals surface area contributed by atoms with Gasteiger partial charge in [0.2, 0.25) is 5.95 Å². The molecule has 1 aliphatic rings. The molecule has 3 nitrogen and oxygen atoms in total. The van der Waals surface area contributed by atoms with Gasteiger partial charge in [-0.15, -0.1) is 0 Å². The summed E-state index contributed by atoms with van der Waals surface area (Å²) in [5, 5.41) is 0. The van der Waals surface area contributed by atoms with Gasteiger partial charge in [-0.05, 0) is 33.8 Å². The Kier molecular flexibility index (Phi) is 3.37. The quantitative estimate of drug-likeness (QED) is 0.452. The molecule has 0 spiro atoms. The third-order valence-electron chi connectivity index (χ3n) is 3.67. The minimum absolute atomic E-state index is 0.322. The average molecular weight is 291 g/mol. The maximum atomic E-state index is 13.0. The number of halogens is 4. The highest BCUT2D eigenvalue weighted by atomic mass is 19.4. The van der Waals surface area contributed by atoms with E-state index in [2.05, 4.69) is 4.98 Å². The van der Waals surface area contributed by atoms with E-state index in [0.717, 1.165) is 12.1 Å². The van der Waals surface area contributed by atoms with Crippen LogP contribution < -0.4 is 5.46 Å². The van der Waals surface area contributed by atoms with Crippen LogP contribution in [-0.2, 0) is 15.5 Å². The van der Waals surface area contributed by atoms with Crippen LogP contribution in [0.3, 0.4) is 0 Å². The summed E-state index contributed by atoms with van der Waals surface area (Å²) in [5.41, 5.74) is -3.21. The predicted molar refractivity (Wildman–Crippen MR) is 64.9 cm³/mol. The van der Waals surface area contributed by atoms with Gasteiger partial charge in [-0.2, -0.15) is 17.6 Å². The van der Waals surface area contributed by atoms with Crippen molar-refractivity contribution in [1.82, 2.24) is 4.98 Å². The molecule has 1 saturated heterocycles. The Balaban J connectivity index is 2.46.